The van der Waals surface area contributed by atoms with Crippen LogP contribution in [-0.4, -0.2) is 16.1 Å². The van der Waals surface area contributed by atoms with Crippen LogP contribution < -0.4 is 0 Å². The lowest BCUT2D eigenvalue weighted by atomic mass is 9.75. The van der Waals surface area contributed by atoms with Crippen molar-refractivity contribution >= 4 is 22.5 Å². The fourth-order valence-corrected chi connectivity index (χ4v) is 4.42. The van der Waals surface area contributed by atoms with Crippen molar-refractivity contribution in [2.45, 2.75) is 53.0 Å². The Balaban J connectivity index is 1.75. The lowest BCUT2D eigenvalue weighted by Crippen LogP contribution is -2.28. The molecule has 3 heteroatoms. The van der Waals surface area contributed by atoms with E-state index in [4.69, 9.17) is 0 Å². The second-order valence-corrected chi connectivity index (χ2v) is 8.74. The average Bonchev–Trinajstić information content (AvgIpc) is 2.95. The molecule has 144 valence electrons. The summed E-state index contributed by atoms with van der Waals surface area (Å²) in [6.07, 6.45) is 2.95. The molecule has 3 nitrogen and oxygen atoms in total. The molecule has 0 saturated carbocycles. The van der Waals surface area contributed by atoms with E-state index < -0.39 is 0 Å². The van der Waals surface area contributed by atoms with Crippen molar-refractivity contribution in [1.82, 2.24) is 4.57 Å². The van der Waals surface area contributed by atoms with Crippen LogP contribution in [0.5, 0.6) is 0 Å². The Morgan fingerprint density at radius 2 is 1.75 bits per heavy atom. The molecule has 0 atom stereocenters. The molecule has 1 aliphatic rings. The van der Waals surface area contributed by atoms with Crippen LogP contribution in [0.25, 0.3) is 10.9 Å². The molecule has 0 N–H and O–H groups in total. The molecule has 4 rings (SSSR count). The van der Waals surface area contributed by atoms with Gasteiger partial charge in [-0.3, -0.25) is 9.59 Å². The van der Waals surface area contributed by atoms with Gasteiger partial charge in [0.25, 0.3) is 0 Å². The van der Waals surface area contributed by atoms with Crippen molar-refractivity contribution in [3.8, 4) is 0 Å². The van der Waals surface area contributed by atoms with E-state index in [1.807, 2.05) is 43.3 Å². The highest BCUT2D eigenvalue weighted by molar-refractivity contribution is 6.10. The van der Waals surface area contributed by atoms with E-state index in [9.17, 15) is 9.59 Å². The van der Waals surface area contributed by atoms with E-state index in [1.165, 1.54) is 0 Å². The van der Waals surface area contributed by atoms with Crippen molar-refractivity contribution in [3.05, 3.63) is 70.9 Å². The summed E-state index contributed by atoms with van der Waals surface area (Å²) in [4.78, 5) is 25.0. The average molecular weight is 373 g/mol. The highest BCUT2D eigenvalue weighted by atomic mass is 16.1. The van der Waals surface area contributed by atoms with Crippen molar-refractivity contribution in [2.24, 2.45) is 5.41 Å². The summed E-state index contributed by atoms with van der Waals surface area (Å²) in [5.74, 6) is 0.451. The van der Waals surface area contributed by atoms with Crippen LogP contribution in [0, 0.1) is 5.41 Å². The maximum absolute atomic E-state index is 12.9. The van der Waals surface area contributed by atoms with Crippen molar-refractivity contribution in [3.63, 3.8) is 0 Å². The summed E-state index contributed by atoms with van der Waals surface area (Å²) in [6, 6.07) is 16.2. The van der Waals surface area contributed by atoms with Crippen molar-refractivity contribution in [1.29, 1.82) is 0 Å². The number of para-hydroxylation sites is 1. The number of fused-ring (bicyclic) bond motifs is 3. The number of hydrogen-bond donors (Lipinski definition) is 0. The van der Waals surface area contributed by atoms with Crippen molar-refractivity contribution in [2.75, 3.05) is 0 Å². The Labute approximate surface area is 166 Å². The van der Waals surface area contributed by atoms with Crippen LogP contribution in [0.3, 0.4) is 0 Å². The van der Waals surface area contributed by atoms with Gasteiger partial charge in [-0.15, -0.1) is 0 Å². The van der Waals surface area contributed by atoms with E-state index in [-0.39, 0.29) is 17.0 Å². The molecule has 1 heterocycles. The van der Waals surface area contributed by atoms with Gasteiger partial charge in [0.05, 0.1) is 0 Å². The molecule has 0 aliphatic heterocycles. The zero-order chi connectivity index (χ0) is 19.9. The topological polar surface area (TPSA) is 39.1 Å². The zero-order valence-corrected chi connectivity index (χ0v) is 16.9. The summed E-state index contributed by atoms with van der Waals surface area (Å²) >= 11 is 0. The third-order valence-corrected chi connectivity index (χ3v) is 5.74. The molecular weight excluding hydrogens is 346 g/mol. The van der Waals surface area contributed by atoms with E-state index in [2.05, 4.69) is 30.5 Å². The molecule has 0 amide bonds. The number of aromatic nitrogens is 1. The van der Waals surface area contributed by atoms with Gasteiger partial charge in [-0.2, -0.15) is 0 Å². The number of rotatable bonds is 5. The van der Waals surface area contributed by atoms with Crippen molar-refractivity contribution < 1.29 is 9.59 Å². The molecule has 0 spiro atoms. The maximum Gasteiger partial charge on any atom is 0.165 e. The summed E-state index contributed by atoms with van der Waals surface area (Å²) in [5, 5.41) is 1.06. The van der Waals surface area contributed by atoms with E-state index in [0.717, 1.165) is 46.1 Å². The maximum atomic E-state index is 12.9. The standard InChI is InChI=1S/C25H27NO2/c1-4-7-22(27)18-12-10-17(11-13-18)16-26-20-9-6-5-8-19(20)24-21(26)14-25(2,3)15-23(24)28/h5-6,8-13H,4,7,14-16H2,1-3H3. The normalized spacial score (nSPS) is 15.6. The van der Waals surface area contributed by atoms with Gasteiger partial charge in [-0.05, 0) is 29.9 Å². The molecule has 0 unspecified atom stereocenters. The minimum atomic E-state index is -0.0212. The first-order valence-corrected chi connectivity index (χ1v) is 10.1. The minimum absolute atomic E-state index is 0.0212. The number of ketones is 2. The Morgan fingerprint density at radius 1 is 1.04 bits per heavy atom. The third kappa shape index (κ3) is 3.30. The summed E-state index contributed by atoms with van der Waals surface area (Å²) in [6.45, 7) is 7.07. The molecule has 1 aliphatic carbocycles. The second kappa shape index (κ2) is 7.05. The summed E-state index contributed by atoms with van der Waals surface area (Å²) in [5.41, 5.74) is 5.07. The summed E-state index contributed by atoms with van der Waals surface area (Å²) < 4.78 is 2.30. The Hall–Kier alpha value is -2.68. The van der Waals surface area contributed by atoms with Crippen LogP contribution in [0.1, 0.15) is 72.0 Å². The Kier molecular flexibility index (Phi) is 4.70. The molecule has 1 aromatic heterocycles. The number of Topliss-reactive ketones (excluding diaryl/α,β-unsaturated/α-hetero) is 2. The smallest absolute Gasteiger partial charge is 0.165 e. The van der Waals surface area contributed by atoms with Gasteiger partial charge in [-0.1, -0.05) is 63.2 Å². The van der Waals surface area contributed by atoms with Crippen LogP contribution in [0.2, 0.25) is 0 Å². The van der Waals surface area contributed by atoms with Gasteiger partial charge in [0, 0.05) is 47.1 Å². The van der Waals surface area contributed by atoms with E-state index in [1.54, 1.807) is 0 Å². The van der Waals surface area contributed by atoms with E-state index >= 15 is 0 Å². The summed E-state index contributed by atoms with van der Waals surface area (Å²) in [7, 11) is 0. The molecule has 0 radical (unpaired) electrons. The number of carbonyl (C=O) groups excluding carboxylic acids is 2. The van der Waals surface area contributed by atoms with Gasteiger partial charge in [-0.25, -0.2) is 0 Å². The molecule has 0 saturated heterocycles. The van der Waals surface area contributed by atoms with Gasteiger partial charge in [0.2, 0.25) is 0 Å². The second-order valence-electron chi connectivity index (χ2n) is 8.74. The lowest BCUT2D eigenvalue weighted by molar-refractivity contribution is 0.0910. The number of benzene rings is 2. The quantitative estimate of drug-likeness (QED) is 0.528. The molecule has 28 heavy (non-hydrogen) atoms. The zero-order valence-electron chi connectivity index (χ0n) is 16.9. The SMILES string of the molecule is CCCC(=O)c1ccc(Cn2c3c(c4ccccc42)C(=O)CC(C)(C)C3)cc1. The highest BCUT2D eigenvalue weighted by Crippen LogP contribution is 2.40. The fourth-order valence-electron chi connectivity index (χ4n) is 4.42. The predicted octanol–water partition coefficient (Wildman–Crippen LogP) is 5.83. The van der Waals surface area contributed by atoms with Crippen LogP contribution in [0.4, 0.5) is 0 Å². The number of carbonyl (C=O) groups is 2. The molecule has 0 bridgehead atoms. The predicted molar refractivity (Wildman–Crippen MR) is 113 cm³/mol. The number of nitrogens with zero attached hydrogens (tertiary/aromatic N) is 1. The fraction of sp³-hybridized carbons (Fsp3) is 0.360. The van der Waals surface area contributed by atoms with Crippen LogP contribution in [-0.2, 0) is 13.0 Å². The largest absolute Gasteiger partial charge is 0.339 e. The minimum Gasteiger partial charge on any atom is -0.339 e. The monoisotopic (exact) mass is 373 g/mol. The van der Waals surface area contributed by atoms with Gasteiger partial charge >= 0.3 is 0 Å². The van der Waals surface area contributed by atoms with Crippen LogP contribution >= 0.6 is 0 Å². The number of hydrogen-bond acceptors (Lipinski definition) is 2. The Morgan fingerprint density at radius 3 is 2.46 bits per heavy atom. The van der Waals surface area contributed by atoms with Gasteiger partial charge < -0.3 is 4.57 Å². The lowest BCUT2D eigenvalue weighted by Gasteiger charge is -2.30. The first-order valence-electron chi connectivity index (χ1n) is 10.1. The molecule has 0 fully saturated rings. The van der Waals surface area contributed by atoms with E-state index in [0.29, 0.717) is 19.4 Å². The third-order valence-electron chi connectivity index (χ3n) is 5.74. The molecular formula is C25H27NO2. The molecule has 3 aromatic rings. The Bertz CT molecular complexity index is 1050. The highest BCUT2D eigenvalue weighted by Gasteiger charge is 2.35. The van der Waals surface area contributed by atoms with Gasteiger partial charge in [0.1, 0.15) is 0 Å². The van der Waals surface area contributed by atoms with Crippen LogP contribution in [0.15, 0.2) is 48.5 Å². The van der Waals surface area contributed by atoms with Gasteiger partial charge in [0.15, 0.2) is 11.6 Å². The first-order chi connectivity index (χ1) is 13.4. The first kappa shape index (κ1) is 18.7. The molecule has 2 aromatic carbocycles.